The maximum absolute atomic E-state index is 11.9. The molecular formula is C13H16N2O4. The maximum atomic E-state index is 11.9. The second-order valence-corrected chi connectivity index (χ2v) is 4.38. The van der Waals surface area contributed by atoms with Crippen LogP contribution in [0.2, 0.25) is 0 Å². The van der Waals surface area contributed by atoms with E-state index in [9.17, 15) is 14.7 Å². The smallest absolute Gasteiger partial charge is 0.309 e. The predicted octanol–water partition coefficient (Wildman–Crippen LogP) is 1.08. The van der Waals surface area contributed by atoms with Crippen molar-refractivity contribution >= 4 is 11.9 Å². The van der Waals surface area contributed by atoms with Crippen molar-refractivity contribution in [2.45, 2.75) is 19.4 Å². The second kappa shape index (κ2) is 5.26. The number of ether oxygens (including phenoxy) is 1. The van der Waals surface area contributed by atoms with Crippen LogP contribution in [-0.2, 0) is 9.59 Å². The van der Waals surface area contributed by atoms with E-state index in [1.807, 2.05) is 6.92 Å². The van der Waals surface area contributed by atoms with Crippen molar-refractivity contribution in [3.63, 3.8) is 0 Å². The highest BCUT2D eigenvalue weighted by molar-refractivity contribution is 5.87. The molecule has 1 fully saturated rings. The lowest BCUT2D eigenvalue weighted by molar-refractivity contribution is -0.142. The van der Waals surface area contributed by atoms with Gasteiger partial charge in [0.1, 0.15) is 0 Å². The Hall–Kier alpha value is -2.11. The first-order valence-corrected chi connectivity index (χ1v) is 6.11. The van der Waals surface area contributed by atoms with Crippen LogP contribution in [0.5, 0.6) is 5.88 Å². The number of carboxylic acid groups (broad SMARTS) is 1. The van der Waals surface area contributed by atoms with Gasteiger partial charge in [0, 0.05) is 19.0 Å². The average molecular weight is 264 g/mol. The molecule has 0 aliphatic carbocycles. The van der Waals surface area contributed by atoms with E-state index in [0.29, 0.717) is 18.1 Å². The Morgan fingerprint density at radius 2 is 2.32 bits per heavy atom. The summed E-state index contributed by atoms with van der Waals surface area (Å²) in [5.41, 5.74) is 0.555. The minimum absolute atomic E-state index is 0.0206. The molecule has 1 N–H and O–H groups in total. The summed E-state index contributed by atoms with van der Waals surface area (Å²) in [5.74, 6) is -1.47. The fraction of sp³-hybridized carbons (Fsp3) is 0.462. The van der Waals surface area contributed by atoms with Gasteiger partial charge in [-0.25, -0.2) is 4.98 Å². The molecule has 2 rings (SSSR count). The number of methoxy groups -OCH3 is 1. The molecule has 0 aromatic carbocycles. The van der Waals surface area contributed by atoms with Gasteiger partial charge in [-0.05, 0) is 13.0 Å². The minimum Gasteiger partial charge on any atom is -0.481 e. The highest BCUT2D eigenvalue weighted by Gasteiger charge is 2.44. The third kappa shape index (κ3) is 2.38. The lowest BCUT2D eigenvalue weighted by Crippen LogP contribution is -2.31. The van der Waals surface area contributed by atoms with Crippen LogP contribution >= 0.6 is 0 Å². The summed E-state index contributed by atoms with van der Waals surface area (Å²) in [5, 5.41) is 9.26. The lowest BCUT2D eigenvalue weighted by atomic mass is 9.97. The first-order valence-electron chi connectivity index (χ1n) is 6.11. The molecule has 6 nitrogen and oxygen atoms in total. The number of pyridine rings is 1. The fourth-order valence-corrected chi connectivity index (χ4v) is 2.46. The molecule has 1 aliphatic rings. The Kier molecular flexibility index (Phi) is 3.69. The molecule has 2 atom stereocenters. The van der Waals surface area contributed by atoms with Gasteiger partial charge < -0.3 is 14.7 Å². The van der Waals surface area contributed by atoms with Crippen molar-refractivity contribution in [2.24, 2.45) is 5.92 Å². The molecule has 0 radical (unpaired) electrons. The van der Waals surface area contributed by atoms with Crippen molar-refractivity contribution in [2.75, 3.05) is 13.7 Å². The largest absolute Gasteiger partial charge is 0.481 e. The van der Waals surface area contributed by atoms with E-state index in [2.05, 4.69) is 4.98 Å². The molecule has 2 heterocycles. The van der Waals surface area contributed by atoms with Gasteiger partial charge in [0.25, 0.3) is 0 Å². The Balaban J connectivity index is 2.41. The van der Waals surface area contributed by atoms with Crippen LogP contribution in [0.25, 0.3) is 0 Å². The van der Waals surface area contributed by atoms with Crippen molar-refractivity contribution < 1.29 is 19.4 Å². The van der Waals surface area contributed by atoms with Crippen LogP contribution < -0.4 is 4.74 Å². The zero-order valence-electron chi connectivity index (χ0n) is 10.9. The van der Waals surface area contributed by atoms with E-state index in [-0.39, 0.29) is 12.3 Å². The third-order valence-corrected chi connectivity index (χ3v) is 3.35. The van der Waals surface area contributed by atoms with Crippen LogP contribution in [0.3, 0.4) is 0 Å². The third-order valence-electron chi connectivity index (χ3n) is 3.35. The summed E-state index contributed by atoms with van der Waals surface area (Å²) >= 11 is 0. The molecule has 1 aromatic rings. The number of hydrogen-bond acceptors (Lipinski definition) is 4. The van der Waals surface area contributed by atoms with Gasteiger partial charge in [0.15, 0.2) is 0 Å². The first-order chi connectivity index (χ1) is 9.08. The number of carboxylic acids is 1. The maximum Gasteiger partial charge on any atom is 0.309 e. The number of hydrogen-bond donors (Lipinski definition) is 1. The standard InChI is InChI=1S/C13H16N2O4/c1-3-15-11(16)7-8(13(17)18)12(15)9-5-4-6-10(14-9)19-2/h4-6,8,12H,3,7H2,1-2H3,(H,17,18). The minimum atomic E-state index is -0.973. The van der Waals surface area contributed by atoms with Crippen LogP contribution in [0.1, 0.15) is 25.1 Å². The molecule has 1 amide bonds. The number of carbonyl (C=O) groups excluding carboxylic acids is 1. The topological polar surface area (TPSA) is 79.7 Å². The normalized spacial score (nSPS) is 22.6. The highest BCUT2D eigenvalue weighted by atomic mass is 16.5. The number of aliphatic carboxylic acids is 1. The van der Waals surface area contributed by atoms with Crippen LogP contribution in [-0.4, -0.2) is 40.5 Å². The number of nitrogens with zero attached hydrogens (tertiary/aromatic N) is 2. The van der Waals surface area contributed by atoms with Gasteiger partial charge >= 0.3 is 5.97 Å². The summed E-state index contributed by atoms with van der Waals surface area (Å²) in [6.07, 6.45) is 0.0206. The van der Waals surface area contributed by atoms with Crippen molar-refractivity contribution in [3.05, 3.63) is 23.9 Å². The zero-order valence-corrected chi connectivity index (χ0v) is 10.9. The quantitative estimate of drug-likeness (QED) is 0.880. The second-order valence-electron chi connectivity index (χ2n) is 4.38. The molecular weight excluding hydrogens is 248 g/mol. The molecule has 102 valence electrons. The van der Waals surface area contributed by atoms with Crippen LogP contribution in [0.4, 0.5) is 0 Å². The molecule has 0 saturated carbocycles. The number of likely N-dealkylation sites (tertiary alicyclic amines) is 1. The number of aromatic nitrogens is 1. The van der Waals surface area contributed by atoms with E-state index in [1.54, 1.807) is 23.1 Å². The van der Waals surface area contributed by atoms with Gasteiger partial charge in [0.2, 0.25) is 11.8 Å². The Labute approximate surface area is 111 Å². The molecule has 1 aliphatic heterocycles. The van der Waals surface area contributed by atoms with Gasteiger partial charge in [0.05, 0.1) is 24.8 Å². The molecule has 1 aromatic heterocycles. The highest BCUT2D eigenvalue weighted by Crippen LogP contribution is 2.37. The van der Waals surface area contributed by atoms with Gasteiger partial charge in [-0.15, -0.1) is 0 Å². The lowest BCUT2D eigenvalue weighted by Gasteiger charge is -2.25. The Morgan fingerprint density at radius 1 is 1.58 bits per heavy atom. The van der Waals surface area contributed by atoms with Gasteiger partial charge in [-0.1, -0.05) is 6.07 Å². The zero-order chi connectivity index (χ0) is 14.0. The van der Waals surface area contributed by atoms with Gasteiger partial charge in [-0.3, -0.25) is 9.59 Å². The van der Waals surface area contributed by atoms with Crippen molar-refractivity contribution in [1.29, 1.82) is 0 Å². The van der Waals surface area contributed by atoms with E-state index in [0.717, 1.165) is 0 Å². The van der Waals surface area contributed by atoms with Crippen molar-refractivity contribution in [1.82, 2.24) is 9.88 Å². The monoisotopic (exact) mass is 264 g/mol. The molecule has 19 heavy (non-hydrogen) atoms. The fourth-order valence-electron chi connectivity index (χ4n) is 2.46. The molecule has 0 spiro atoms. The average Bonchev–Trinajstić information content (AvgIpc) is 2.75. The van der Waals surface area contributed by atoms with Crippen LogP contribution in [0, 0.1) is 5.92 Å². The van der Waals surface area contributed by atoms with E-state index < -0.39 is 17.9 Å². The van der Waals surface area contributed by atoms with E-state index >= 15 is 0 Å². The first kappa shape index (κ1) is 13.3. The summed E-state index contributed by atoms with van der Waals surface area (Å²) in [6.45, 7) is 2.29. The summed E-state index contributed by atoms with van der Waals surface area (Å²) in [6, 6.07) is 4.64. The number of carbonyl (C=O) groups is 2. The molecule has 6 heteroatoms. The number of rotatable bonds is 4. The number of amides is 1. The van der Waals surface area contributed by atoms with Crippen LogP contribution in [0.15, 0.2) is 18.2 Å². The van der Waals surface area contributed by atoms with E-state index in [4.69, 9.17) is 4.74 Å². The summed E-state index contributed by atoms with van der Waals surface area (Å²) < 4.78 is 5.04. The van der Waals surface area contributed by atoms with E-state index in [1.165, 1.54) is 7.11 Å². The summed E-state index contributed by atoms with van der Waals surface area (Å²) in [4.78, 5) is 29.0. The molecule has 2 unspecified atom stereocenters. The summed E-state index contributed by atoms with van der Waals surface area (Å²) in [7, 11) is 1.50. The Bertz CT molecular complexity index is 503. The molecule has 0 bridgehead atoms. The SMILES string of the molecule is CCN1C(=O)CC(C(=O)O)C1c1cccc(OC)n1. The van der Waals surface area contributed by atoms with Crippen molar-refractivity contribution in [3.8, 4) is 5.88 Å². The molecule has 1 saturated heterocycles. The van der Waals surface area contributed by atoms with Gasteiger partial charge in [-0.2, -0.15) is 0 Å². The predicted molar refractivity (Wildman–Crippen MR) is 66.7 cm³/mol. The Morgan fingerprint density at radius 3 is 2.89 bits per heavy atom.